The Labute approximate surface area is 98.8 Å². The van der Waals surface area contributed by atoms with Crippen LogP contribution < -0.4 is 11.3 Å². The van der Waals surface area contributed by atoms with E-state index in [1.807, 2.05) is 30.3 Å². The third-order valence-electron chi connectivity index (χ3n) is 3.11. The summed E-state index contributed by atoms with van der Waals surface area (Å²) in [6, 6.07) is 9.50. The highest BCUT2D eigenvalue weighted by Gasteiger charge is 2.26. The SMILES string of the molecule is NNC(=O)c1cc(C2CC2)nc2ccccc12. The summed E-state index contributed by atoms with van der Waals surface area (Å²) in [5.41, 5.74) is 4.66. The van der Waals surface area contributed by atoms with Crippen molar-refractivity contribution in [3.63, 3.8) is 0 Å². The highest BCUT2D eigenvalue weighted by Crippen LogP contribution is 2.40. The van der Waals surface area contributed by atoms with Crippen molar-refractivity contribution in [2.45, 2.75) is 18.8 Å². The molecule has 0 unspecified atom stereocenters. The first-order chi connectivity index (χ1) is 8.29. The molecule has 4 nitrogen and oxygen atoms in total. The van der Waals surface area contributed by atoms with Gasteiger partial charge in [0.25, 0.3) is 5.91 Å². The number of para-hydroxylation sites is 1. The normalized spacial score (nSPS) is 14.9. The third-order valence-corrected chi connectivity index (χ3v) is 3.11. The van der Waals surface area contributed by atoms with Crippen LogP contribution in [0.1, 0.15) is 34.8 Å². The zero-order valence-electron chi connectivity index (χ0n) is 9.31. The Morgan fingerprint density at radius 2 is 2.12 bits per heavy atom. The van der Waals surface area contributed by atoms with Gasteiger partial charge >= 0.3 is 0 Å². The molecule has 4 heteroatoms. The number of nitrogens with zero attached hydrogens (tertiary/aromatic N) is 1. The molecule has 0 bridgehead atoms. The summed E-state index contributed by atoms with van der Waals surface area (Å²) in [5, 5.41) is 0.847. The quantitative estimate of drug-likeness (QED) is 0.466. The van der Waals surface area contributed by atoms with E-state index in [1.165, 1.54) is 0 Å². The second kappa shape index (κ2) is 3.82. The Kier molecular flexibility index (Phi) is 2.30. The average Bonchev–Trinajstić information content (AvgIpc) is 3.21. The van der Waals surface area contributed by atoms with Crippen LogP contribution in [0.4, 0.5) is 0 Å². The van der Waals surface area contributed by atoms with Crippen molar-refractivity contribution in [1.29, 1.82) is 0 Å². The fraction of sp³-hybridized carbons (Fsp3) is 0.231. The van der Waals surface area contributed by atoms with Gasteiger partial charge in [-0.15, -0.1) is 0 Å². The topological polar surface area (TPSA) is 68.0 Å². The van der Waals surface area contributed by atoms with Crippen LogP contribution in [0, 0.1) is 0 Å². The first kappa shape index (κ1) is 10.2. The fourth-order valence-electron chi connectivity index (χ4n) is 2.05. The summed E-state index contributed by atoms with van der Waals surface area (Å²) < 4.78 is 0. The minimum absolute atomic E-state index is 0.259. The molecule has 86 valence electrons. The van der Waals surface area contributed by atoms with Gasteiger partial charge in [-0.3, -0.25) is 15.2 Å². The monoisotopic (exact) mass is 227 g/mol. The number of hydrogen-bond donors (Lipinski definition) is 2. The number of benzene rings is 1. The Morgan fingerprint density at radius 1 is 1.35 bits per heavy atom. The lowest BCUT2D eigenvalue weighted by molar-refractivity contribution is 0.0955. The van der Waals surface area contributed by atoms with Gasteiger partial charge in [-0.2, -0.15) is 0 Å². The van der Waals surface area contributed by atoms with Gasteiger partial charge in [0.1, 0.15) is 0 Å². The zero-order chi connectivity index (χ0) is 11.8. The number of rotatable bonds is 2. The van der Waals surface area contributed by atoms with Crippen molar-refractivity contribution >= 4 is 16.8 Å². The molecule has 1 aromatic carbocycles. The molecule has 1 aliphatic carbocycles. The minimum Gasteiger partial charge on any atom is -0.290 e. The highest BCUT2D eigenvalue weighted by atomic mass is 16.2. The maximum atomic E-state index is 11.8. The number of hydrazine groups is 1. The Morgan fingerprint density at radius 3 is 2.82 bits per heavy atom. The van der Waals surface area contributed by atoms with Gasteiger partial charge in [0, 0.05) is 17.0 Å². The molecule has 1 aliphatic rings. The first-order valence-electron chi connectivity index (χ1n) is 5.70. The second-order valence-corrected chi connectivity index (χ2v) is 4.36. The Hall–Kier alpha value is -1.94. The van der Waals surface area contributed by atoms with Crippen molar-refractivity contribution in [2.24, 2.45) is 5.84 Å². The predicted molar refractivity (Wildman–Crippen MR) is 65.4 cm³/mol. The number of hydrogen-bond acceptors (Lipinski definition) is 3. The van der Waals surface area contributed by atoms with Crippen LogP contribution in [0.2, 0.25) is 0 Å². The standard InChI is InChI=1S/C13H13N3O/c14-16-13(17)10-7-12(8-5-6-8)15-11-4-2-1-3-9(10)11/h1-4,7-8H,5-6,14H2,(H,16,17). The number of amides is 1. The maximum Gasteiger partial charge on any atom is 0.265 e. The number of nitrogens with two attached hydrogens (primary N) is 1. The maximum absolute atomic E-state index is 11.8. The summed E-state index contributed by atoms with van der Waals surface area (Å²) in [5.74, 6) is 5.48. The predicted octanol–water partition coefficient (Wildman–Crippen LogP) is 1.72. The summed E-state index contributed by atoms with van der Waals surface area (Å²) in [6.45, 7) is 0. The lowest BCUT2D eigenvalue weighted by Crippen LogP contribution is -2.30. The number of carbonyl (C=O) groups excluding carboxylic acids is 1. The van der Waals surface area contributed by atoms with Crippen molar-refractivity contribution < 1.29 is 4.79 Å². The van der Waals surface area contributed by atoms with E-state index >= 15 is 0 Å². The molecule has 3 N–H and O–H groups in total. The fourth-order valence-corrected chi connectivity index (χ4v) is 2.05. The first-order valence-corrected chi connectivity index (χ1v) is 5.70. The summed E-state index contributed by atoms with van der Waals surface area (Å²) in [6.07, 6.45) is 2.32. The molecular formula is C13H13N3O. The van der Waals surface area contributed by atoms with E-state index in [4.69, 9.17) is 5.84 Å². The van der Waals surface area contributed by atoms with Gasteiger partial charge in [-0.25, -0.2) is 5.84 Å². The van der Waals surface area contributed by atoms with Gasteiger partial charge in [-0.05, 0) is 25.0 Å². The number of nitrogens with one attached hydrogen (secondary N) is 1. The van der Waals surface area contributed by atoms with Crippen molar-refractivity contribution in [2.75, 3.05) is 0 Å². The molecule has 1 heterocycles. The number of nitrogen functional groups attached to an aromatic ring is 1. The van der Waals surface area contributed by atoms with Crippen LogP contribution in [0.15, 0.2) is 30.3 Å². The number of fused-ring (bicyclic) bond motifs is 1. The van der Waals surface area contributed by atoms with Gasteiger partial charge in [0.2, 0.25) is 0 Å². The van der Waals surface area contributed by atoms with E-state index in [-0.39, 0.29) is 5.91 Å². The smallest absolute Gasteiger partial charge is 0.265 e. The summed E-state index contributed by atoms with van der Waals surface area (Å²) in [7, 11) is 0. The molecule has 3 rings (SSSR count). The van der Waals surface area contributed by atoms with Crippen LogP contribution in [0.3, 0.4) is 0 Å². The summed E-state index contributed by atoms with van der Waals surface area (Å²) >= 11 is 0. The van der Waals surface area contributed by atoms with Crippen LogP contribution >= 0.6 is 0 Å². The minimum atomic E-state index is -0.259. The van der Waals surface area contributed by atoms with Crippen LogP contribution in [-0.2, 0) is 0 Å². The van der Waals surface area contributed by atoms with Crippen LogP contribution in [-0.4, -0.2) is 10.9 Å². The molecular weight excluding hydrogens is 214 g/mol. The molecule has 17 heavy (non-hydrogen) atoms. The van der Waals surface area contributed by atoms with Gasteiger partial charge in [-0.1, -0.05) is 18.2 Å². The van der Waals surface area contributed by atoms with Gasteiger partial charge < -0.3 is 0 Å². The largest absolute Gasteiger partial charge is 0.290 e. The van der Waals surface area contributed by atoms with E-state index in [0.717, 1.165) is 29.4 Å². The van der Waals surface area contributed by atoms with E-state index < -0.39 is 0 Å². The molecule has 1 saturated carbocycles. The molecule has 0 saturated heterocycles. The Balaban J connectivity index is 2.25. The van der Waals surface area contributed by atoms with E-state index in [9.17, 15) is 4.79 Å². The Bertz CT molecular complexity index is 590. The molecule has 0 spiro atoms. The molecule has 1 fully saturated rings. The van der Waals surface area contributed by atoms with Gasteiger partial charge in [0.15, 0.2) is 0 Å². The number of carbonyl (C=O) groups is 1. The van der Waals surface area contributed by atoms with Gasteiger partial charge in [0.05, 0.1) is 11.1 Å². The lowest BCUT2D eigenvalue weighted by Gasteiger charge is -2.07. The van der Waals surface area contributed by atoms with Crippen LogP contribution in [0.5, 0.6) is 0 Å². The lowest BCUT2D eigenvalue weighted by atomic mass is 10.1. The van der Waals surface area contributed by atoms with Crippen LogP contribution in [0.25, 0.3) is 10.9 Å². The number of pyridine rings is 1. The molecule has 0 atom stereocenters. The number of aromatic nitrogens is 1. The van der Waals surface area contributed by atoms with E-state index in [1.54, 1.807) is 0 Å². The third kappa shape index (κ3) is 1.76. The zero-order valence-corrected chi connectivity index (χ0v) is 9.31. The van der Waals surface area contributed by atoms with E-state index in [0.29, 0.717) is 11.5 Å². The van der Waals surface area contributed by atoms with Crippen molar-refractivity contribution in [3.8, 4) is 0 Å². The molecule has 0 radical (unpaired) electrons. The molecule has 1 amide bonds. The molecule has 1 aromatic heterocycles. The summed E-state index contributed by atoms with van der Waals surface area (Å²) in [4.78, 5) is 16.4. The second-order valence-electron chi connectivity index (χ2n) is 4.36. The highest BCUT2D eigenvalue weighted by molar-refractivity contribution is 6.06. The average molecular weight is 227 g/mol. The molecule has 2 aromatic rings. The van der Waals surface area contributed by atoms with Crippen molar-refractivity contribution in [3.05, 3.63) is 41.6 Å². The van der Waals surface area contributed by atoms with E-state index in [2.05, 4.69) is 10.4 Å². The molecule has 0 aliphatic heterocycles. The van der Waals surface area contributed by atoms with Crippen molar-refractivity contribution in [1.82, 2.24) is 10.4 Å².